The number of Topliss-reactive ketones (excluding diaryl/α,β-unsaturated/α-hetero) is 1. The molecule has 2 heterocycles. The van der Waals surface area contributed by atoms with Crippen LogP contribution in [0.3, 0.4) is 0 Å². The SMILES string of the molecule is N#Cc1ccc(C(=O)Cc2cc(F)c(F)c([C@]3(CF)N=C(N)O[C@H]4C[C@H]43)c2)nc1. The van der Waals surface area contributed by atoms with Crippen LogP contribution in [0.15, 0.2) is 35.5 Å². The Labute approximate surface area is 163 Å². The summed E-state index contributed by atoms with van der Waals surface area (Å²) in [5.41, 5.74) is 4.16. The Morgan fingerprint density at radius 3 is 2.83 bits per heavy atom. The molecule has 1 aliphatic heterocycles. The number of benzene rings is 1. The van der Waals surface area contributed by atoms with E-state index in [0.717, 1.165) is 6.07 Å². The summed E-state index contributed by atoms with van der Waals surface area (Å²) in [6.07, 6.45) is 0.996. The van der Waals surface area contributed by atoms with Crippen LogP contribution >= 0.6 is 0 Å². The molecule has 2 N–H and O–H groups in total. The van der Waals surface area contributed by atoms with E-state index in [9.17, 15) is 18.0 Å². The van der Waals surface area contributed by atoms with E-state index in [0.29, 0.717) is 6.42 Å². The molecule has 29 heavy (non-hydrogen) atoms. The number of amidine groups is 1. The van der Waals surface area contributed by atoms with Crippen LogP contribution in [0.2, 0.25) is 0 Å². The molecule has 2 aromatic rings. The molecule has 148 valence electrons. The van der Waals surface area contributed by atoms with Crippen molar-refractivity contribution in [2.45, 2.75) is 24.5 Å². The smallest absolute Gasteiger partial charge is 0.283 e. The number of nitriles is 1. The van der Waals surface area contributed by atoms with Gasteiger partial charge in [0.05, 0.1) is 5.56 Å². The molecule has 9 heteroatoms. The van der Waals surface area contributed by atoms with Crippen molar-refractivity contribution >= 4 is 11.8 Å². The average molecular weight is 400 g/mol. The number of hydrogen-bond acceptors (Lipinski definition) is 6. The summed E-state index contributed by atoms with van der Waals surface area (Å²) in [5, 5.41) is 8.79. The Morgan fingerprint density at radius 1 is 1.38 bits per heavy atom. The lowest BCUT2D eigenvalue weighted by atomic mass is 9.84. The van der Waals surface area contributed by atoms with Crippen molar-refractivity contribution in [3.8, 4) is 6.07 Å². The van der Waals surface area contributed by atoms with Gasteiger partial charge in [0.2, 0.25) is 0 Å². The fraction of sp³-hybridized carbons (Fsp3) is 0.300. The first kappa shape index (κ1) is 18.9. The number of rotatable bonds is 5. The van der Waals surface area contributed by atoms with Crippen LogP contribution in [0.1, 0.15) is 33.6 Å². The molecule has 0 saturated heterocycles. The molecule has 2 aliphatic rings. The van der Waals surface area contributed by atoms with E-state index in [2.05, 4.69) is 9.98 Å². The molecular weight excluding hydrogens is 385 g/mol. The van der Waals surface area contributed by atoms with Gasteiger partial charge in [0.1, 0.15) is 30.1 Å². The Balaban J connectivity index is 1.70. The van der Waals surface area contributed by atoms with E-state index in [1.54, 1.807) is 0 Å². The van der Waals surface area contributed by atoms with Crippen molar-refractivity contribution in [3.63, 3.8) is 0 Å². The Kier molecular flexibility index (Phi) is 4.49. The van der Waals surface area contributed by atoms with Crippen LogP contribution in [0.25, 0.3) is 0 Å². The second-order valence-corrected chi connectivity index (χ2v) is 7.09. The van der Waals surface area contributed by atoms with Crippen LogP contribution in [0.5, 0.6) is 0 Å². The number of halogens is 3. The number of ether oxygens (including phenoxy) is 1. The molecule has 3 atom stereocenters. The first-order valence-electron chi connectivity index (χ1n) is 8.83. The van der Waals surface area contributed by atoms with Crippen LogP contribution < -0.4 is 5.73 Å². The number of fused-ring (bicyclic) bond motifs is 1. The van der Waals surface area contributed by atoms with Gasteiger partial charge in [0.25, 0.3) is 6.02 Å². The number of aromatic nitrogens is 1. The number of aliphatic imine (C=N–C) groups is 1. The van der Waals surface area contributed by atoms with Crippen LogP contribution in [-0.4, -0.2) is 29.6 Å². The molecule has 1 aromatic carbocycles. The zero-order valence-corrected chi connectivity index (χ0v) is 15.0. The van der Waals surface area contributed by atoms with E-state index in [1.807, 2.05) is 6.07 Å². The fourth-order valence-electron chi connectivity index (χ4n) is 3.69. The zero-order chi connectivity index (χ0) is 20.8. The number of carbonyl (C=O) groups is 1. The third-order valence-electron chi connectivity index (χ3n) is 5.23. The van der Waals surface area contributed by atoms with E-state index in [4.69, 9.17) is 15.7 Å². The summed E-state index contributed by atoms with van der Waals surface area (Å²) in [7, 11) is 0. The molecule has 0 unspecified atom stereocenters. The molecule has 0 spiro atoms. The summed E-state index contributed by atoms with van der Waals surface area (Å²) >= 11 is 0. The number of pyridine rings is 1. The van der Waals surface area contributed by atoms with Gasteiger partial charge in [-0.1, -0.05) is 0 Å². The van der Waals surface area contributed by atoms with Gasteiger partial charge in [0, 0.05) is 24.1 Å². The normalized spacial score (nSPS) is 24.7. The summed E-state index contributed by atoms with van der Waals surface area (Å²) in [6, 6.07) is 6.56. The quantitative estimate of drug-likeness (QED) is 0.778. The number of hydrogen-bond donors (Lipinski definition) is 1. The highest BCUT2D eigenvalue weighted by Crippen LogP contribution is 2.53. The summed E-state index contributed by atoms with van der Waals surface area (Å²) in [4.78, 5) is 20.4. The molecular formula is C20H15F3N4O2. The molecule has 4 rings (SSSR count). The molecule has 1 aromatic heterocycles. The minimum atomic E-state index is -1.68. The van der Waals surface area contributed by atoms with Crippen molar-refractivity contribution in [1.29, 1.82) is 5.26 Å². The highest BCUT2D eigenvalue weighted by molar-refractivity contribution is 5.95. The largest absolute Gasteiger partial charge is 0.462 e. The Morgan fingerprint density at radius 2 is 2.17 bits per heavy atom. The standard InChI is InChI=1S/C20H15F3N4O2/c21-9-20(12-6-17(12)29-19(25)27-20)13-3-11(4-14(22)18(13)23)5-16(28)15-2-1-10(7-24)8-26-15/h1-4,8,12,17H,5-6,9H2,(H2,25,27)/t12-,17+,20-/m1/s1. The summed E-state index contributed by atoms with van der Waals surface area (Å²) in [6.45, 7) is -1.08. The van der Waals surface area contributed by atoms with Crippen molar-refractivity contribution in [3.05, 3.63) is 64.5 Å². The number of ketones is 1. The zero-order valence-electron chi connectivity index (χ0n) is 15.0. The molecule has 1 fully saturated rings. The molecule has 6 nitrogen and oxygen atoms in total. The summed E-state index contributed by atoms with van der Waals surface area (Å²) in [5.74, 6) is -3.34. The van der Waals surface area contributed by atoms with Gasteiger partial charge in [-0.05, 0) is 36.2 Å². The van der Waals surface area contributed by atoms with Gasteiger partial charge in [-0.3, -0.25) is 9.78 Å². The second-order valence-electron chi connectivity index (χ2n) is 7.09. The highest BCUT2D eigenvalue weighted by atomic mass is 19.2. The first-order valence-corrected chi connectivity index (χ1v) is 8.83. The third kappa shape index (κ3) is 3.20. The number of nitrogens with zero attached hydrogens (tertiary/aromatic N) is 3. The topological polar surface area (TPSA) is 101 Å². The van der Waals surface area contributed by atoms with Gasteiger partial charge >= 0.3 is 0 Å². The number of alkyl halides is 1. The van der Waals surface area contributed by atoms with Gasteiger partial charge < -0.3 is 10.5 Å². The van der Waals surface area contributed by atoms with Gasteiger partial charge in [-0.2, -0.15) is 5.26 Å². The minimum Gasteiger partial charge on any atom is -0.462 e. The predicted molar refractivity (Wildman–Crippen MR) is 95.6 cm³/mol. The second kappa shape index (κ2) is 6.88. The third-order valence-corrected chi connectivity index (χ3v) is 5.23. The number of nitrogens with two attached hydrogens (primary N) is 1. The first-order chi connectivity index (χ1) is 13.9. The van der Waals surface area contributed by atoms with Crippen molar-refractivity contribution in [1.82, 2.24) is 4.98 Å². The lowest BCUT2D eigenvalue weighted by Gasteiger charge is -2.31. The van der Waals surface area contributed by atoms with Crippen LogP contribution in [-0.2, 0) is 16.7 Å². The van der Waals surface area contributed by atoms with E-state index in [-0.39, 0.29) is 40.9 Å². The van der Waals surface area contributed by atoms with E-state index < -0.39 is 35.5 Å². The van der Waals surface area contributed by atoms with Crippen LogP contribution in [0.4, 0.5) is 13.2 Å². The Hall–Kier alpha value is -3.41. The average Bonchev–Trinajstić information content (AvgIpc) is 3.49. The lowest BCUT2D eigenvalue weighted by molar-refractivity contribution is 0.0988. The Bertz CT molecular complexity index is 1060. The van der Waals surface area contributed by atoms with Gasteiger partial charge in [-0.15, -0.1) is 0 Å². The molecule has 0 bridgehead atoms. The predicted octanol–water partition coefficient (Wildman–Crippen LogP) is 2.56. The van der Waals surface area contributed by atoms with Crippen molar-refractivity contribution in [2.75, 3.05) is 6.67 Å². The van der Waals surface area contributed by atoms with Gasteiger partial charge in [0.15, 0.2) is 17.4 Å². The molecule has 0 radical (unpaired) electrons. The highest BCUT2D eigenvalue weighted by Gasteiger charge is 2.60. The number of carbonyl (C=O) groups excluding carboxylic acids is 1. The monoisotopic (exact) mass is 400 g/mol. The molecule has 0 amide bonds. The lowest BCUT2D eigenvalue weighted by Crippen LogP contribution is -2.40. The van der Waals surface area contributed by atoms with E-state index >= 15 is 0 Å². The molecule has 1 aliphatic carbocycles. The fourth-order valence-corrected chi connectivity index (χ4v) is 3.69. The van der Waals surface area contributed by atoms with E-state index in [1.165, 1.54) is 24.4 Å². The maximum Gasteiger partial charge on any atom is 0.283 e. The molecule has 1 saturated carbocycles. The van der Waals surface area contributed by atoms with Crippen molar-refractivity contribution < 1.29 is 22.7 Å². The maximum atomic E-state index is 14.6. The minimum absolute atomic E-state index is 0.0751. The van der Waals surface area contributed by atoms with Crippen molar-refractivity contribution in [2.24, 2.45) is 16.6 Å². The summed E-state index contributed by atoms with van der Waals surface area (Å²) < 4.78 is 48.3. The van der Waals surface area contributed by atoms with Gasteiger partial charge in [-0.25, -0.2) is 18.2 Å². The maximum absolute atomic E-state index is 14.6. The van der Waals surface area contributed by atoms with Crippen LogP contribution in [0, 0.1) is 28.9 Å².